The second-order valence-corrected chi connectivity index (χ2v) is 4.69. The number of ether oxygens (including phenoxy) is 4. The summed E-state index contributed by atoms with van der Waals surface area (Å²) in [5.74, 6) is -0.748. The van der Waals surface area contributed by atoms with Gasteiger partial charge in [0.1, 0.15) is 7.11 Å². The minimum absolute atomic E-state index is 0.114. The molecule has 0 spiro atoms. The van der Waals surface area contributed by atoms with Gasteiger partial charge in [0.2, 0.25) is 17.9 Å². The molecule has 0 fully saturated rings. The molecule has 1 aromatic heterocycles. The Labute approximate surface area is 138 Å². The lowest BCUT2D eigenvalue weighted by atomic mass is 9.96. The van der Waals surface area contributed by atoms with Gasteiger partial charge in [-0.25, -0.2) is 9.18 Å². The van der Waals surface area contributed by atoms with Gasteiger partial charge in [-0.3, -0.25) is 0 Å². The highest BCUT2D eigenvalue weighted by Crippen LogP contribution is 2.26. The molecule has 0 bridgehead atoms. The third-order valence-electron chi connectivity index (χ3n) is 3.14. The van der Waals surface area contributed by atoms with Crippen molar-refractivity contribution < 1.29 is 33.0 Å². The number of halogens is 1. The van der Waals surface area contributed by atoms with Crippen LogP contribution < -0.4 is 14.2 Å². The number of hydrogen-bond acceptors (Lipinski definition) is 9. The normalized spacial score (nSPS) is 15.0. The van der Waals surface area contributed by atoms with Crippen LogP contribution in [0.15, 0.2) is 11.2 Å². The van der Waals surface area contributed by atoms with Crippen LogP contribution in [0, 0.1) is 0 Å². The van der Waals surface area contributed by atoms with E-state index in [2.05, 4.69) is 24.7 Å². The van der Waals surface area contributed by atoms with E-state index in [0.717, 1.165) is 14.0 Å². The van der Waals surface area contributed by atoms with Crippen molar-refractivity contribution in [2.45, 2.75) is 25.6 Å². The number of carbonyl (C=O) groups is 1. The summed E-state index contributed by atoms with van der Waals surface area (Å²) in [6, 6.07) is 1.07. The smallest absolute Gasteiger partial charge is 0.351 e. The molecule has 2 atom stereocenters. The van der Waals surface area contributed by atoms with Crippen molar-refractivity contribution in [1.82, 2.24) is 9.97 Å². The van der Waals surface area contributed by atoms with Gasteiger partial charge in [0.25, 0.3) is 0 Å². The SMILES string of the molecule is CON=C(C)C(C)(F)C(Oc1nc(OC)cc(OC)n1)C(=O)OC. The van der Waals surface area contributed by atoms with Crippen molar-refractivity contribution in [3.05, 3.63) is 6.07 Å². The first kappa shape index (κ1) is 19.4. The lowest BCUT2D eigenvalue weighted by Gasteiger charge is -2.27. The number of esters is 1. The van der Waals surface area contributed by atoms with Crippen molar-refractivity contribution in [2.75, 3.05) is 28.4 Å². The second-order valence-electron chi connectivity index (χ2n) is 4.69. The molecule has 134 valence electrons. The lowest BCUT2D eigenvalue weighted by molar-refractivity contribution is -0.154. The number of rotatable bonds is 8. The molecule has 0 aliphatic carbocycles. The van der Waals surface area contributed by atoms with Gasteiger partial charge in [-0.15, -0.1) is 0 Å². The standard InChI is InChI=1S/C14H20FN3O6/c1-8(18-23-6)14(2,15)11(12(19)22-5)24-13-16-9(20-3)7-10(17-13)21-4/h7,11H,1-6H3. The molecule has 0 aliphatic heterocycles. The van der Waals surface area contributed by atoms with Gasteiger partial charge in [0, 0.05) is 0 Å². The van der Waals surface area contributed by atoms with Crippen molar-refractivity contribution in [3.63, 3.8) is 0 Å². The topological polar surface area (TPSA) is 101 Å². The summed E-state index contributed by atoms with van der Waals surface area (Å²) < 4.78 is 34.9. The van der Waals surface area contributed by atoms with Gasteiger partial charge in [-0.05, 0) is 13.8 Å². The Morgan fingerprint density at radius 3 is 2.17 bits per heavy atom. The first-order valence-electron chi connectivity index (χ1n) is 6.78. The summed E-state index contributed by atoms with van der Waals surface area (Å²) in [4.78, 5) is 24.3. The summed E-state index contributed by atoms with van der Waals surface area (Å²) in [5, 5.41) is 3.51. The second kappa shape index (κ2) is 8.27. The molecule has 2 unspecified atom stereocenters. The highest BCUT2D eigenvalue weighted by atomic mass is 19.1. The molecule has 1 rings (SSSR count). The molecule has 0 saturated carbocycles. The fourth-order valence-electron chi connectivity index (χ4n) is 1.65. The van der Waals surface area contributed by atoms with E-state index in [0.29, 0.717) is 0 Å². The van der Waals surface area contributed by atoms with E-state index in [1.54, 1.807) is 0 Å². The zero-order valence-electron chi connectivity index (χ0n) is 14.3. The van der Waals surface area contributed by atoms with Crippen LogP contribution in [0.1, 0.15) is 13.8 Å². The largest absolute Gasteiger partial charge is 0.481 e. The Kier molecular flexibility index (Phi) is 6.69. The molecular formula is C14H20FN3O6. The molecule has 9 nitrogen and oxygen atoms in total. The maximum Gasteiger partial charge on any atom is 0.351 e. The van der Waals surface area contributed by atoms with Crippen LogP contribution in [0.25, 0.3) is 0 Å². The van der Waals surface area contributed by atoms with Crippen LogP contribution in [0.3, 0.4) is 0 Å². The van der Waals surface area contributed by atoms with Crippen molar-refractivity contribution in [2.24, 2.45) is 5.16 Å². The van der Waals surface area contributed by atoms with Gasteiger partial charge in [-0.2, -0.15) is 9.97 Å². The van der Waals surface area contributed by atoms with Gasteiger partial charge in [-0.1, -0.05) is 5.16 Å². The lowest BCUT2D eigenvalue weighted by Crippen LogP contribution is -2.50. The fraction of sp³-hybridized carbons (Fsp3) is 0.571. The highest BCUT2D eigenvalue weighted by Gasteiger charge is 2.46. The quantitative estimate of drug-likeness (QED) is 0.393. The average molecular weight is 345 g/mol. The van der Waals surface area contributed by atoms with Gasteiger partial charge < -0.3 is 23.8 Å². The minimum Gasteiger partial charge on any atom is -0.481 e. The molecule has 0 radical (unpaired) electrons. The summed E-state index contributed by atoms with van der Waals surface area (Å²) in [6.07, 6.45) is -1.72. The molecule has 10 heteroatoms. The predicted molar refractivity (Wildman–Crippen MR) is 81.2 cm³/mol. The first-order chi connectivity index (χ1) is 11.3. The Morgan fingerprint density at radius 1 is 1.21 bits per heavy atom. The van der Waals surface area contributed by atoms with Crippen molar-refractivity contribution >= 4 is 11.7 Å². The van der Waals surface area contributed by atoms with Gasteiger partial charge in [0.15, 0.2) is 5.67 Å². The third-order valence-corrected chi connectivity index (χ3v) is 3.14. The molecular weight excluding hydrogens is 325 g/mol. The van der Waals surface area contributed by atoms with E-state index in [1.165, 1.54) is 34.3 Å². The zero-order chi connectivity index (χ0) is 18.3. The average Bonchev–Trinajstić information content (AvgIpc) is 2.58. The maximum absolute atomic E-state index is 15.1. The molecule has 1 heterocycles. The number of hydrogen-bond donors (Lipinski definition) is 0. The summed E-state index contributed by atoms with van der Waals surface area (Å²) in [5.41, 5.74) is -2.47. The summed E-state index contributed by atoms with van der Waals surface area (Å²) in [6.45, 7) is 2.44. The molecule has 0 aromatic carbocycles. The molecule has 0 aliphatic rings. The van der Waals surface area contributed by atoms with E-state index in [9.17, 15) is 4.79 Å². The number of alkyl halides is 1. The van der Waals surface area contributed by atoms with Crippen LogP contribution in [0.4, 0.5) is 4.39 Å². The Morgan fingerprint density at radius 2 is 1.75 bits per heavy atom. The number of oxime groups is 1. The maximum atomic E-state index is 15.1. The molecule has 0 amide bonds. The Bertz CT molecular complexity index is 586. The van der Waals surface area contributed by atoms with E-state index >= 15 is 4.39 Å². The van der Waals surface area contributed by atoms with Crippen molar-refractivity contribution in [3.8, 4) is 17.8 Å². The van der Waals surface area contributed by atoms with Crippen LogP contribution in [0.2, 0.25) is 0 Å². The van der Waals surface area contributed by atoms with Crippen LogP contribution in [-0.4, -0.2) is 61.9 Å². The number of carbonyl (C=O) groups excluding carboxylic acids is 1. The van der Waals surface area contributed by atoms with Gasteiger partial charge in [0.05, 0.1) is 33.1 Å². The number of aromatic nitrogens is 2. The van der Waals surface area contributed by atoms with Crippen LogP contribution in [0.5, 0.6) is 17.8 Å². The van der Waals surface area contributed by atoms with E-state index in [-0.39, 0.29) is 23.5 Å². The van der Waals surface area contributed by atoms with Crippen LogP contribution >= 0.6 is 0 Å². The number of nitrogens with zero attached hydrogens (tertiary/aromatic N) is 3. The van der Waals surface area contributed by atoms with Crippen molar-refractivity contribution in [1.29, 1.82) is 0 Å². The first-order valence-corrected chi connectivity index (χ1v) is 6.78. The minimum atomic E-state index is -2.34. The van der Waals surface area contributed by atoms with E-state index in [1.807, 2.05) is 0 Å². The Hall–Kier alpha value is -2.65. The number of methoxy groups -OCH3 is 3. The summed E-state index contributed by atoms with van der Waals surface area (Å²) >= 11 is 0. The zero-order valence-corrected chi connectivity index (χ0v) is 14.3. The molecule has 0 N–H and O–H groups in total. The molecule has 24 heavy (non-hydrogen) atoms. The molecule has 0 saturated heterocycles. The predicted octanol–water partition coefficient (Wildman–Crippen LogP) is 1.16. The molecule has 1 aromatic rings. The Balaban J connectivity index is 3.25. The van der Waals surface area contributed by atoms with E-state index in [4.69, 9.17) is 14.2 Å². The fourth-order valence-corrected chi connectivity index (χ4v) is 1.65. The van der Waals surface area contributed by atoms with Gasteiger partial charge >= 0.3 is 12.0 Å². The van der Waals surface area contributed by atoms with Crippen LogP contribution in [-0.2, 0) is 14.4 Å². The monoisotopic (exact) mass is 345 g/mol. The third kappa shape index (κ3) is 4.43. The van der Waals surface area contributed by atoms with E-state index < -0.39 is 17.7 Å². The highest BCUT2D eigenvalue weighted by molar-refractivity contribution is 5.95. The summed E-state index contributed by atoms with van der Waals surface area (Å²) in [7, 11) is 5.10.